The minimum atomic E-state index is -0.248. The molecule has 0 aromatic carbocycles. The van der Waals surface area contributed by atoms with Crippen molar-refractivity contribution in [2.24, 2.45) is 5.92 Å². The van der Waals surface area contributed by atoms with Crippen molar-refractivity contribution in [1.82, 2.24) is 10.2 Å². The number of aliphatic hydroxyl groups is 1. The number of hydrogen-bond donors (Lipinski definition) is 2. The summed E-state index contributed by atoms with van der Waals surface area (Å²) in [5.74, 6) is 0.00240. The standard InChI is InChI=1S/C12H22N2O4/c1-2-13-11-8-17-7-10(11)12(16)14-3-4-18-9(5-14)6-15/h9-11,13,15H,2-8H2,1H3. The van der Waals surface area contributed by atoms with Crippen LogP contribution in [0.25, 0.3) is 0 Å². The molecule has 0 aliphatic carbocycles. The Morgan fingerprint density at radius 3 is 3.06 bits per heavy atom. The van der Waals surface area contributed by atoms with E-state index in [2.05, 4.69) is 5.32 Å². The number of carbonyl (C=O) groups is 1. The van der Waals surface area contributed by atoms with Gasteiger partial charge in [-0.1, -0.05) is 6.92 Å². The fourth-order valence-electron chi connectivity index (χ4n) is 2.53. The number of likely N-dealkylation sites (N-methyl/N-ethyl adjacent to an activating group) is 1. The number of nitrogens with zero attached hydrogens (tertiary/aromatic N) is 1. The van der Waals surface area contributed by atoms with E-state index in [1.54, 1.807) is 4.90 Å². The molecule has 0 spiro atoms. The first kappa shape index (κ1) is 13.7. The van der Waals surface area contributed by atoms with Gasteiger partial charge in [0.25, 0.3) is 0 Å². The zero-order chi connectivity index (χ0) is 13.0. The van der Waals surface area contributed by atoms with Crippen molar-refractivity contribution in [3.63, 3.8) is 0 Å². The third kappa shape index (κ3) is 3.00. The Bertz CT molecular complexity index is 287. The van der Waals surface area contributed by atoms with Gasteiger partial charge in [-0.15, -0.1) is 0 Å². The Hall–Kier alpha value is -0.690. The van der Waals surface area contributed by atoms with Crippen LogP contribution in [0.4, 0.5) is 0 Å². The number of hydrogen-bond acceptors (Lipinski definition) is 5. The molecule has 2 rings (SSSR count). The number of morpholine rings is 1. The molecule has 2 fully saturated rings. The largest absolute Gasteiger partial charge is 0.394 e. The summed E-state index contributed by atoms with van der Waals surface area (Å²) < 4.78 is 10.8. The molecule has 2 aliphatic heterocycles. The summed E-state index contributed by atoms with van der Waals surface area (Å²) in [6.45, 7) is 5.47. The van der Waals surface area contributed by atoms with E-state index in [1.807, 2.05) is 6.92 Å². The SMILES string of the molecule is CCNC1COCC1C(=O)N1CCOC(CO)C1. The van der Waals surface area contributed by atoms with Crippen molar-refractivity contribution in [2.75, 3.05) is 46.1 Å². The zero-order valence-electron chi connectivity index (χ0n) is 10.8. The van der Waals surface area contributed by atoms with Crippen LogP contribution in [0.1, 0.15) is 6.92 Å². The predicted molar refractivity (Wildman–Crippen MR) is 65.2 cm³/mol. The molecule has 0 aromatic rings. The maximum absolute atomic E-state index is 12.4. The van der Waals surface area contributed by atoms with Crippen LogP contribution in [0.3, 0.4) is 0 Å². The minimum Gasteiger partial charge on any atom is -0.394 e. The van der Waals surface area contributed by atoms with Gasteiger partial charge in [0, 0.05) is 19.1 Å². The van der Waals surface area contributed by atoms with Gasteiger partial charge in [-0.25, -0.2) is 0 Å². The molecule has 3 unspecified atom stereocenters. The maximum atomic E-state index is 12.4. The molecule has 18 heavy (non-hydrogen) atoms. The fourth-order valence-corrected chi connectivity index (χ4v) is 2.53. The molecule has 6 nitrogen and oxygen atoms in total. The van der Waals surface area contributed by atoms with Gasteiger partial charge in [0.05, 0.1) is 38.4 Å². The maximum Gasteiger partial charge on any atom is 0.229 e. The average Bonchev–Trinajstić information content (AvgIpc) is 2.86. The highest BCUT2D eigenvalue weighted by Crippen LogP contribution is 2.18. The molecule has 2 aliphatic rings. The molecule has 0 bridgehead atoms. The molecule has 2 N–H and O–H groups in total. The van der Waals surface area contributed by atoms with Gasteiger partial charge in [-0.05, 0) is 6.54 Å². The van der Waals surface area contributed by atoms with Crippen LogP contribution < -0.4 is 5.32 Å². The Balaban J connectivity index is 1.93. The zero-order valence-corrected chi connectivity index (χ0v) is 10.8. The number of carbonyl (C=O) groups excluding carboxylic acids is 1. The van der Waals surface area contributed by atoms with Crippen LogP contribution in [0.15, 0.2) is 0 Å². The van der Waals surface area contributed by atoms with Gasteiger partial charge in [0.2, 0.25) is 5.91 Å². The summed E-state index contributed by atoms with van der Waals surface area (Å²) in [5, 5.41) is 12.4. The lowest BCUT2D eigenvalue weighted by molar-refractivity contribution is -0.145. The van der Waals surface area contributed by atoms with E-state index >= 15 is 0 Å². The van der Waals surface area contributed by atoms with E-state index < -0.39 is 0 Å². The summed E-state index contributed by atoms with van der Waals surface area (Å²) in [7, 11) is 0. The number of amides is 1. The molecular formula is C12H22N2O4. The molecule has 0 aromatic heterocycles. The van der Waals surface area contributed by atoms with Gasteiger partial charge in [-0.3, -0.25) is 4.79 Å². The second-order valence-corrected chi connectivity index (χ2v) is 4.77. The van der Waals surface area contributed by atoms with Gasteiger partial charge in [-0.2, -0.15) is 0 Å². The number of rotatable bonds is 4. The molecule has 2 heterocycles. The lowest BCUT2D eigenvalue weighted by Crippen LogP contribution is -2.52. The third-order valence-corrected chi connectivity index (χ3v) is 3.52. The third-order valence-electron chi connectivity index (χ3n) is 3.52. The lowest BCUT2D eigenvalue weighted by atomic mass is 10.0. The molecule has 2 saturated heterocycles. The Kier molecular flexibility index (Phi) is 4.94. The first-order valence-corrected chi connectivity index (χ1v) is 6.58. The topological polar surface area (TPSA) is 71.0 Å². The summed E-state index contributed by atoms with van der Waals surface area (Å²) in [6, 6.07) is 0.109. The van der Waals surface area contributed by atoms with E-state index in [0.717, 1.165) is 6.54 Å². The lowest BCUT2D eigenvalue weighted by Gasteiger charge is -2.34. The summed E-state index contributed by atoms with van der Waals surface area (Å²) >= 11 is 0. The van der Waals surface area contributed by atoms with Crippen LogP contribution in [0.2, 0.25) is 0 Å². The second-order valence-electron chi connectivity index (χ2n) is 4.77. The highest BCUT2D eigenvalue weighted by atomic mass is 16.5. The quantitative estimate of drug-likeness (QED) is 0.665. The Morgan fingerprint density at radius 1 is 1.50 bits per heavy atom. The first-order valence-electron chi connectivity index (χ1n) is 6.58. The van der Waals surface area contributed by atoms with Crippen molar-refractivity contribution in [3.8, 4) is 0 Å². The van der Waals surface area contributed by atoms with Gasteiger partial charge in [0.1, 0.15) is 0 Å². The van der Waals surface area contributed by atoms with E-state index in [0.29, 0.717) is 32.9 Å². The fraction of sp³-hybridized carbons (Fsp3) is 0.917. The Labute approximate surface area is 107 Å². The molecule has 3 atom stereocenters. The van der Waals surface area contributed by atoms with Gasteiger partial charge in [0.15, 0.2) is 0 Å². The Morgan fingerprint density at radius 2 is 2.33 bits per heavy atom. The van der Waals surface area contributed by atoms with Gasteiger partial charge >= 0.3 is 0 Å². The summed E-state index contributed by atoms with van der Waals surface area (Å²) in [4.78, 5) is 14.2. The highest BCUT2D eigenvalue weighted by Gasteiger charge is 2.37. The van der Waals surface area contributed by atoms with Crippen molar-refractivity contribution in [3.05, 3.63) is 0 Å². The van der Waals surface area contributed by atoms with Gasteiger partial charge < -0.3 is 24.8 Å². The molecule has 6 heteroatoms. The van der Waals surface area contributed by atoms with E-state index in [-0.39, 0.29) is 30.6 Å². The van der Waals surface area contributed by atoms with Crippen LogP contribution in [0.5, 0.6) is 0 Å². The van der Waals surface area contributed by atoms with Crippen molar-refractivity contribution < 1.29 is 19.4 Å². The van der Waals surface area contributed by atoms with Crippen LogP contribution in [-0.2, 0) is 14.3 Å². The summed E-state index contributed by atoms with van der Waals surface area (Å²) in [6.07, 6.45) is -0.248. The minimum absolute atomic E-state index is 0.0401. The number of aliphatic hydroxyl groups excluding tert-OH is 1. The molecule has 0 saturated carbocycles. The first-order chi connectivity index (χ1) is 8.76. The number of nitrogens with one attached hydrogen (secondary N) is 1. The predicted octanol–water partition coefficient (Wildman–Crippen LogP) is -1.17. The second kappa shape index (κ2) is 6.47. The van der Waals surface area contributed by atoms with E-state index in [1.165, 1.54) is 0 Å². The van der Waals surface area contributed by atoms with E-state index in [4.69, 9.17) is 14.6 Å². The summed E-state index contributed by atoms with van der Waals surface area (Å²) in [5.41, 5.74) is 0. The normalized spacial score (nSPS) is 32.8. The van der Waals surface area contributed by atoms with Crippen molar-refractivity contribution in [1.29, 1.82) is 0 Å². The monoisotopic (exact) mass is 258 g/mol. The molecule has 104 valence electrons. The molecule has 0 radical (unpaired) electrons. The molecule has 1 amide bonds. The van der Waals surface area contributed by atoms with Crippen LogP contribution in [0, 0.1) is 5.92 Å². The molecular weight excluding hydrogens is 236 g/mol. The van der Waals surface area contributed by atoms with E-state index in [9.17, 15) is 4.79 Å². The number of ether oxygens (including phenoxy) is 2. The van der Waals surface area contributed by atoms with Crippen molar-refractivity contribution >= 4 is 5.91 Å². The average molecular weight is 258 g/mol. The van der Waals surface area contributed by atoms with Crippen LogP contribution in [-0.4, -0.2) is 74.1 Å². The van der Waals surface area contributed by atoms with Crippen molar-refractivity contribution in [2.45, 2.75) is 19.1 Å². The highest BCUT2D eigenvalue weighted by molar-refractivity contribution is 5.80. The smallest absolute Gasteiger partial charge is 0.229 e. The van der Waals surface area contributed by atoms with Crippen LogP contribution >= 0.6 is 0 Å².